The number of hydrogen-bond acceptors (Lipinski definition) is 10. The van der Waals surface area contributed by atoms with E-state index in [2.05, 4.69) is 210 Å². The molecule has 10 heteroatoms. The molecule has 4 aromatic heterocycles. The Labute approximate surface area is 570 Å². The fourth-order valence-electron chi connectivity index (χ4n) is 15.5. The summed E-state index contributed by atoms with van der Waals surface area (Å²) in [5, 5.41) is 42.8. The summed E-state index contributed by atoms with van der Waals surface area (Å²) in [6.45, 7) is 8.60. The monoisotopic (exact) mass is 1300 g/mol. The highest BCUT2D eigenvalue weighted by molar-refractivity contribution is 7.27. The molecule has 0 aliphatic heterocycles. The molecule has 13 aromatic rings. The molecule has 0 amide bonds. The van der Waals surface area contributed by atoms with Gasteiger partial charge in [0.1, 0.15) is 35.4 Å². The summed E-state index contributed by atoms with van der Waals surface area (Å²) in [5.74, 6) is -0.408. The Kier molecular flexibility index (Phi) is 13.4. The summed E-state index contributed by atoms with van der Waals surface area (Å²) < 4.78 is 2.29. The van der Waals surface area contributed by atoms with Gasteiger partial charge >= 0.3 is 0 Å². The highest BCUT2D eigenvalue weighted by Gasteiger charge is 2.53. The number of Topliss-reactive ketones (excluding diaryl/α,β-unsaturated/α-hetero) is 2. The predicted octanol–water partition coefficient (Wildman–Crippen LogP) is 21.7. The van der Waals surface area contributed by atoms with Crippen LogP contribution in [0.15, 0.2) is 241 Å². The van der Waals surface area contributed by atoms with E-state index in [4.69, 9.17) is 0 Å². The van der Waals surface area contributed by atoms with Gasteiger partial charge in [0.2, 0.25) is 0 Å². The first-order valence-corrected chi connectivity index (χ1v) is 34.7. The van der Waals surface area contributed by atoms with E-state index in [-0.39, 0.29) is 22.7 Å². The lowest BCUT2D eigenvalue weighted by Crippen LogP contribution is -2.30. The molecular weight excluding hydrogens is 1250 g/mol. The van der Waals surface area contributed by atoms with Crippen LogP contribution in [0.25, 0.3) is 85.2 Å². The molecule has 0 radical (unpaired) electrons. The average Bonchev–Trinajstić information content (AvgIpc) is 1.50. The maximum atomic E-state index is 14.1. The number of ketones is 2. The van der Waals surface area contributed by atoms with Crippen molar-refractivity contribution in [2.45, 2.75) is 38.5 Å². The molecule has 0 unspecified atom stereocenters. The molecule has 4 aliphatic carbocycles. The minimum absolute atomic E-state index is 0.0879. The molecule has 4 aliphatic rings. The van der Waals surface area contributed by atoms with E-state index in [1.54, 1.807) is 69.6 Å². The molecule has 96 heavy (non-hydrogen) atoms. The van der Waals surface area contributed by atoms with Crippen LogP contribution in [-0.4, -0.2) is 11.6 Å². The third-order valence-corrected chi connectivity index (χ3v) is 24.5. The van der Waals surface area contributed by atoms with Gasteiger partial charge in [0.05, 0.1) is 10.8 Å². The van der Waals surface area contributed by atoms with Gasteiger partial charge in [0.25, 0.3) is 0 Å². The average molecular weight is 1300 g/mol. The molecule has 0 spiro atoms. The van der Waals surface area contributed by atoms with E-state index < -0.39 is 10.8 Å². The molecule has 0 fully saturated rings. The molecule has 0 atom stereocenters. The second-order valence-corrected chi connectivity index (χ2v) is 29.5. The molecule has 0 saturated carbocycles. The Bertz CT molecular complexity index is 5460. The second-order valence-electron chi connectivity index (χ2n) is 25.1. The van der Waals surface area contributed by atoms with Crippen molar-refractivity contribution in [2.75, 3.05) is 0 Å². The van der Waals surface area contributed by atoms with Crippen molar-refractivity contribution >= 4 is 100 Å². The maximum Gasteiger partial charge on any atom is 0.194 e. The van der Waals surface area contributed by atoms with Gasteiger partial charge in [0, 0.05) is 82.9 Å². The van der Waals surface area contributed by atoms with E-state index in [0.29, 0.717) is 44.5 Å². The van der Waals surface area contributed by atoms with Crippen molar-refractivity contribution in [1.29, 1.82) is 21.0 Å². The quantitative estimate of drug-likeness (QED) is 0.110. The standard InChI is InChI=1S/C86H50N4O2S4/c1-47-13-21-53(22-14-47)85(54-23-15-48(2)16-24-54)69-31-35-73-65(41-77(95-73)75-33-29-57(93-75)37-67-79(51(43-87)44-88)59-9-5-7-11-61(59)83(67)91)81(69)63-40-72-64(39-71(63)85)82-66-42-78(76-34-30-58(94-76)38-68-80(52(45-89)46-90)60-10-6-8-12-62(60)84(68)92)96-74(66)36-32-70(82)86(72,55-25-17-49(3)18-26-55)56-27-19-50(4)20-28-56/h5-42H,1-4H3/b67-37-,68-38?. The topological polar surface area (TPSA) is 129 Å². The molecule has 0 N–H and O–H groups in total. The van der Waals surface area contributed by atoms with E-state index in [0.717, 1.165) is 49.4 Å². The largest absolute Gasteiger partial charge is 0.289 e. The maximum absolute atomic E-state index is 14.1. The first kappa shape index (κ1) is 58.4. The third kappa shape index (κ3) is 8.48. The fourth-order valence-corrected chi connectivity index (χ4v) is 19.7. The minimum Gasteiger partial charge on any atom is -0.289 e. The number of aryl methyl sites for hydroxylation is 4. The van der Waals surface area contributed by atoms with Crippen molar-refractivity contribution < 1.29 is 9.59 Å². The van der Waals surface area contributed by atoms with Crippen LogP contribution >= 0.6 is 45.3 Å². The molecule has 9 aromatic carbocycles. The van der Waals surface area contributed by atoms with Gasteiger partial charge < -0.3 is 0 Å². The van der Waals surface area contributed by atoms with Crippen molar-refractivity contribution in [2.24, 2.45) is 0 Å². The number of carbonyl (C=O) groups is 2. The number of rotatable bonds is 8. The Morgan fingerprint density at radius 3 is 1.01 bits per heavy atom. The van der Waals surface area contributed by atoms with Gasteiger partial charge in [-0.2, -0.15) is 21.0 Å². The Balaban J connectivity index is 0.905. The lowest BCUT2D eigenvalue weighted by Gasteiger charge is -2.35. The van der Waals surface area contributed by atoms with E-state index in [9.17, 15) is 30.6 Å². The number of carbonyl (C=O) groups excluding carboxylic acids is 2. The van der Waals surface area contributed by atoms with Gasteiger partial charge in [-0.25, -0.2) is 0 Å². The number of fused-ring (bicyclic) bond motifs is 12. The van der Waals surface area contributed by atoms with Crippen molar-refractivity contribution in [3.63, 3.8) is 0 Å². The minimum atomic E-state index is -0.783. The van der Waals surface area contributed by atoms with Gasteiger partial charge in [-0.1, -0.05) is 180 Å². The first-order valence-electron chi connectivity index (χ1n) is 31.5. The van der Waals surface area contributed by atoms with Crippen LogP contribution in [0.3, 0.4) is 0 Å². The van der Waals surface area contributed by atoms with Crippen LogP contribution in [0.1, 0.15) is 108 Å². The Hall–Kier alpha value is -11.4. The smallest absolute Gasteiger partial charge is 0.194 e. The molecular formula is C86H50N4O2S4. The fraction of sp³-hybridized carbons (Fsp3) is 0.0698. The zero-order valence-electron chi connectivity index (χ0n) is 52.2. The third-order valence-electron chi connectivity index (χ3n) is 19.8. The SMILES string of the molecule is Cc1ccc(C2(c3ccc(C)cc3)c3cc4c(cc3-c3c2ccc2sc(-c5ccc(C=C6C(=O)c7ccccc7C6=C(C#N)C#N)s5)cc32)C(c2ccc(C)cc2)(c2ccc(C)cc2)c2ccc3sc(-c5ccc(/C=C6\C(=O)c7ccccc7C6=C(C#N)C#N)s5)cc3c2-4)cc1. The highest BCUT2D eigenvalue weighted by atomic mass is 32.1. The van der Waals surface area contributed by atoms with E-state index >= 15 is 0 Å². The molecule has 6 nitrogen and oxygen atoms in total. The summed E-state index contributed by atoms with van der Waals surface area (Å²) in [5.41, 5.74) is 20.7. The van der Waals surface area contributed by atoms with Crippen molar-refractivity contribution in [3.8, 4) is 66.0 Å². The molecule has 0 bridgehead atoms. The summed E-state index contributed by atoms with van der Waals surface area (Å²) >= 11 is 6.68. The van der Waals surface area contributed by atoms with Crippen molar-refractivity contribution in [3.05, 3.63) is 339 Å². The van der Waals surface area contributed by atoms with Crippen LogP contribution in [0.4, 0.5) is 0 Å². The Morgan fingerprint density at radius 1 is 0.344 bits per heavy atom. The van der Waals surface area contributed by atoms with E-state index in [1.165, 1.54) is 89.0 Å². The zero-order chi connectivity index (χ0) is 65.5. The van der Waals surface area contributed by atoms with Crippen LogP contribution < -0.4 is 0 Å². The number of benzene rings is 9. The molecule has 17 rings (SSSR count). The lowest BCUT2D eigenvalue weighted by atomic mass is 9.65. The summed E-state index contributed by atoms with van der Waals surface area (Å²) in [6, 6.07) is 86.7. The van der Waals surface area contributed by atoms with E-state index in [1.807, 2.05) is 48.6 Å². The normalized spacial score (nSPS) is 15.0. The van der Waals surface area contributed by atoms with Crippen LogP contribution in [0, 0.1) is 73.0 Å². The van der Waals surface area contributed by atoms with Gasteiger partial charge in [-0.05, 0) is 178 Å². The lowest BCUT2D eigenvalue weighted by molar-refractivity contribution is 0.103. The highest BCUT2D eigenvalue weighted by Crippen LogP contribution is 2.65. The second kappa shape index (κ2) is 22.1. The van der Waals surface area contributed by atoms with Gasteiger partial charge in [-0.3, -0.25) is 9.59 Å². The van der Waals surface area contributed by atoms with Gasteiger partial charge in [-0.15, -0.1) is 45.3 Å². The Morgan fingerprint density at radius 2 is 0.677 bits per heavy atom. The zero-order valence-corrected chi connectivity index (χ0v) is 55.4. The number of allylic oxidation sites excluding steroid dienone is 6. The molecule has 450 valence electrons. The summed E-state index contributed by atoms with van der Waals surface area (Å²) in [6.07, 6.45) is 3.68. The van der Waals surface area contributed by atoms with Crippen LogP contribution in [0.5, 0.6) is 0 Å². The number of nitriles is 4. The van der Waals surface area contributed by atoms with Crippen LogP contribution in [0.2, 0.25) is 0 Å². The summed E-state index contributed by atoms with van der Waals surface area (Å²) in [7, 11) is 0. The number of hydrogen-bond donors (Lipinski definition) is 0. The predicted molar refractivity (Wildman–Crippen MR) is 391 cm³/mol. The van der Waals surface area contributed by atoms with Crippen molar-refractivity contribution in [1.82, 2.24) is 0 Å². The number of thiophene rings is 4. The first-order chi connectivity index (χ1) is 46.8. The molecule has 0 saturated heterocycles. The van der Waals surface area contributed by atoms with Gasteiger partial charge in [0.15, 0.2) is 11.6 Å². The number of nitrogens with zero attached hydrogens (tertiary/aromatic N) is 4. The van der Waals surface area contributed by atoms with Crippen LogP contribution in [-0.2, 0) is 10.8 Å². The molecule has 4 heterocycles. The summed E-state index contributed by atoms with van der Waals surface area (Å²) in [4.78, 5) is 34.1.